The van der Waals surface area contributed by atoms with Crippen molar-refractivity contribution in [1.29, 1.82) is 0 Å². The largest absolute Gasteiger partial charge is 0.394 e. The molecule has 8 nitrogen and oxygen atoms in total. The molecule has 0 spiro atoms. The normalized spacial score (nSPS) is 12.3. The summed E-state index contributed by atoms with van der Waals surface area (Å²) in [5.74, 6) is -0.319. The Morgan fingerprint density at radius 3 is 2.48 bits per heavy atom. The van der Waals surface area contributed by atoms with Gasteiger partial charge in [-0.15, -0.1) is 0 Å². The molecule has 1 amide bonds. The summed E-state index contributed by atoms with van der Waals surface area (Å²) in [4.78, 5) is 12.3. The second-order valence-electron chi connectivity index (χ2n) is 5.62. The molecule has 0 bridgehead atoms. The molecule has 1 aromatic carbocycles. The van der Waals surface area contributed by atoms with Crippen molar-refractivity contribution in [2.75, 3.05) is 46.0 Å². The molecule has 0 aromatic heterocycles. The molecule has 25 heavy (non-hydrogen) atoms. The van der Waals surface area contributed by atoms with Crippen LogP contribution in [0.2, 0.25) is 0 Å². The zero-order chi connectivity index (χ0) is 18.3. The standard InChI is InChI=1S/C17H30N4O4/c18-6-7-19-8-9-20-16(17(24)21-15(10-22)11-23)13-25-12-14-4-2-1-3-5-14/h1-5,15-16,19-20,22-23H,6-13,18H2,(H,21,24). The molecule has 1 aromatic rings. The highest BCUT2D eigenvalue weighted by molar-refractivity contribution is 5.82. The van der Waals surface area contributed by atoms with Gasteiger partial charge in [0.15, 0.2) is 0 Å². The SMILES string of the molecule is NCCNCCNC(COCc1ccccc1)C(=O)NC(CO)CO. The van der Waals surface area contributed by atoms with E-state index in [2.05, 4.69) is 16.0 Å². The third kappa shape index (κ3) is 9.49. The predicted octanol–water partition coefficient (Wildman–Crippen LogP) is -1.82. The van der Waals surface area contributed by atoms with Gasteiger partial charge >= 0.3 is 0 Å². The molecule has 0 aliphatic rings. The van der Waals surface area contributed by atoms with Crippen LogP contribution in [0.15, 0.2) is 30.3 Å². The second kappa shape index (κ2) is 13.7. The van der Waals surface area contributed by atoms with Crippen LogP contribution in [0.25, 0.3) is 0 Å². The fourth-order valence-electron chi connectivity index (χ4n) is 2.11. The maximum atomic E-state index is 12.3. The van der Waals surface area contributed by atoms with Crippen LogP contribution >= 0.6 is 0 Å². The summed E-state index contributed by atoms with van der Waals surface area (Å²) in [5, 5.41) is 27.1. The molecular weight excluding hydrogens is 324 g/mol. The van der Waals surface area contributed by atoms with Gasteiger partial charge in [-0.1, -0.05) is 30.3 Å². The number of hydrogen-bond acceptors (Lipinski definition) is 7. The van der Waals surface area contributed by atoms with Crippen LogP contribution < -0.4 is 21.7 Å². The number of nitrogens with one attached hydrogen (secondary N) is 3. The van der Waals surface area contributed by atoms with Crippen molar-refractivity contribution in [2.24, 2.45) is 5.73 Å². The molecule has 0 aliphatic carbocycles. The number of aliphatic hydroxyl groups excluding tert-OH is 2. The molecule has 0 heterocycles. The van der Waals surface area contributed by atoms with Gasteiger partial charge in [-0.2, -0.15) is 0 Å². The van der Waals surface area contributed by atoms with Crippen molar-refractivity contribution in [3.05, 3.63) is 35.9 Å². The highest BCUT2D eigenvalue weighted by Crippen LogP contribution is 2.01. The van der Waals surface area contributed by atoms with Crippen LogP contribution in [0.1, 0.15) is 5.56 Å². The summed E-state index contributed by atoms with van der Waals surface area (Å²) in [6, 6.07) is 8.43. The monoisotopic (exact) mass is 354 g/mol. The molecule has 0 fully saturated rings. The first-order chi connectivity index (χ1) is 12.2. The zero-order valence-electron chi connectivity index (χ0n) is 14.5. The number of hydrogen-bond donors (Lipinski definition) is 6. The number of benzene rings is 1. The highest BCUT2D eigenvalue weighted by atomic mass is 16.5. The predicted molar refractivity (Wildman–Crippen MR) is 95.9 cm³/mol. The van der Waals surface area contributed by atoms with Gasteiger partial charge in [0.2, 0.25) is 5.91 Å². The molecule has 1 unspecified atom stereocenters. The van der Waals surface area contributed by atoms with Gasteiger partial charge in [0.1, 0.15) is 6.04 Å². The average Bonchev–Trinajstić information content (AvgIpc) is 2.65. The minimum absolute atomic E-state index is 0.182. The van der Waals surface area contributed by atoms with Crippen LogP contribution in [0.4, 0.5) is 0 Å². The minimum atomic E-state index is -0.679. The number of rotatable bonds is 14. The Hall–Kier alpha value is -1.55. The Kier molecular flexibility index (Phi) is 11.8. The second-order valence-corrected chi connectivity index (χ2v) is 5.62. The number of amides is 1. The quantitative estimate of drug-likeness (QED) is 0.217. The molecule has 1 rings (SSSR count). The minimum Gasteiger partial charge on any atom is -0.394 e. The van der Waals surface area contributed by atoms with Crippen LogP contribution in [-0.4, -0.2) is 74.2 Å². The Morgan fingerprint density at radius 1 is 1.12 bits per heavy atom. The summed E-state index contributed by atoms with van der Waals surface area (Å²) < 4.78 is 5.64. The van der Waals surface area contributed by atoms with E-state index in [1.807, 2.05) is 30.3 Å². The van der Waals surface area contributed by atoms with Gasteiger partial charge in [-0.25, -0.2) is 0 Å². The van der Waals surface area contributed by atoms with Gasteiger partial charge in [0, 0.05) is 26.2 Å². The third-order valence-electron chi connectivity index (χ3n) is 3.51. The maximum Gasteiger partial charge on any atom is 0.239 e. The van der Waals surface area contributed by atoms with Gasteiger partial charge in [0.05, 0.1) is 32.5 Å². The van der Waals surface area contributed by atoms with Gasteiger partial charge < -0.3 is 36.6 Å². The Bertz CT molecular complexity index is 457. The van der Waals surface area contributed by atoms with Crippen molar-refractivity contribution in [3.63, 3.8) is 0 Å². The van der Waals surface area contributed by atoms with E-state index in [4.69, 9.17) is 20.7 Å². The van der Waals surface area contributed by atoms with Crippen LogP contribution in [0, 0.1) is 0 Å². The molecule has 0 saturated carbocycles. The van der Waals surface area contributed by atoms with Crippen LogP contribution in [-0.2, 0) is 16.1 Å². The fourth-order valence-corrected chi connectivity index (χ4v) is 2.11. The third-order valence-corrected chi connectivity index (χ3v) is 3.51. The molecule has 142 valence electrons. The van der Waals surface area contributed by atoms with E-state index < -0.39 is 12.1 Å². The lowest BCUT2D eigenvalue weighted by Crippen LogP contribution is -2.53. The van der Waals surface area contributed by atoms with E-state index in [1.165, 1.54) is 0 Å². The maximum absolute atomic E-state index is 12.3. The highest BCUT2D eigenvalue weighted by Gasteiger charge is 2.20. The van der Waals surface area contributed by atoms with Crippen LogP contribution in [0.3, 0.4) is 0 Å². The number of ether oxygens (including phenoxy) is 1. The van der Waals surface area contributed by atoms with E-state index in [0.717, 1.165) is 5.56 Å². The summed E-state index contributed by atoms with van der Waals surface area (Å²) >= 11 is 0. The molecule has 1 atom stereocenters. The number of nitrogens with two attached hydrogens (primary N) is 1. The van der Waals surface area contributed by atoms with E-state index in [-0.39, 0.29) is 25.7 Å². The van der Waals surface area contributed by atoms with Crippen molar-refractivity contribution >= 4 is 5.91 Å². The first-order valence-corrected chi connectivity index (χ1v) is 8.49. The first kappa shape index (κ1) is 21.5. The van der Waals surface area contributed by atoms with Crippen LogP contribution in [0.5, 0.6) is 0 Å². The Morgan fingerprint density at radius 2 is 1.84 bits per heavy atom. The van der Waals surface area contributed by atoms with E-state index in [0.29, 0.717) is 32.8 Å². The number of aliphatic hydroxyl groups is 2. The summed E-state index contributed by atoms with van der Waals surface area (Å²) in [6.45, 7) is 2.44. The van der Waals surface area contributed by atoms with E-state index in [9.17, 15) is 4.79 Å². The fraction of sp³-hybridized carbons (Fsp3) is 0.588. The number of carbonyl (C=O) groups is 1. The smallest absolute Gasteiger partial charge is 0.239 e. The summed E-state index contributed by atoms with van der Waals surface area (Å²) in [6.07, 6.45) is 0. The first-order valence-electron chi connectivity index (χ1n) is 8.49. The van der Waals surface area contributed by atoms with E-state index >= 15 is 0 Å². The molecule has 0 saturated heterocycles. The lowest BCUT2D eigenvalue weighted by atomic mass is 10.2. The van der Waals surface area contributed by atoms with Crippen molar-refractivity contribution in [3.8, 4) is 0 Å². The number of carbonyl (C=O) groups excluding carboxylic acids is 1. The van der Waals surface area contributed by atoms with Crippen molar-refractivity contribution in [2.45, 2.75) is 18.7 Å². The van der Waals surface area contributed by atoms with Crippen molar-refractivity contribution in [1.82, 2.24) is 16.0 Å². The van der Waals surface area contributed by atoms with Gasteiger partial charge in [0.25, 0.3) is 0 Å². The van der Waals surface area contributed by atoms with Gasteiger partial charge in [-0.3, -0.25) is 4.79 Å². The average molecular weight is 354 g/mol. The molecule has 0 aliphatic heterocycles. The lowest BCUT2D eigenvalue weighted by molar-refractivity contribution is -0.126. The topological polar surface area (TPSA) is 129 Å². The van der Waals surface area contributed by atoms with Gasteiger partial charge in [-0.05, 0) is 5.56 Å². The zero-order valence-corrected chi connectivity index (χ0v) is 14.5. The van der Waals surface area contributed by atoms with E-state index in [1.54, 1.807) is 0 Å². The summed E-state index contributed by atoms with van der Waals surface area (Å²) in [7, 11) is 0. The molecular formula is C17H30N4O4. The Balaban J connectivity index is 2.46. The molecule has 7 N–H and O–H groups in total. The van der Waals surface area contributed by atoms with Crippen molar-refractivity contribution < 1.29 is 19.7 Å². The summed E-state index contributed by atoms with van der Waals surface area (Å²) in [5.41, 5.74) is 6.43. The Labute approximate surface area is 148 Å². The molecule has 8 heteroatoms. The lowest BCUT2D eigenvalue weighted by Gasteiger charge is -2.21. The molecule has 0 radical (unpaired) electrons.